The zero-order valence-corrected chi connectivity index (χ0v) is 24.1. The van der Waals surface area contributed by atoms with Crippen molar-refractivity contribution in [3.8, 4) is 17.2 Å². The van der Waals surface area contributed by atoms with Crippen LogP contribution >= 0.6 is 0 Å². The normalized spacial score (nSPS) is 21.8. The molecule has 4 aromatic rings. The van der Waals surface area contributed by atoms with Crippen LogP contribution < -0.4 is 14.2 Å². The maximum Gasteiger partial charge on any atom is 0.311 e. The average molecular weight is 604 g/mol. The summed E-state index contributed by atoms with van der Waals surface area (Å²) >= 11 is 0. The molecule has 1 fully saturated rings. The first-order chi connectivity index (χ1) is 21.3. The molecule has 1 aliphatic rings. The molecule has 4 aromatic carbocycles. The summed E-state index contributed by atoms with van der Waals surface area (Å²) in [6, 6.07) is 29.8. The minimum atomic E-state index is -1.71. The van der Waals surface area contributed by atoms with Crippen molar-refractivity contribution in [1.82, 2.24) is 0 Å². The van der Waals surface area contributed by atoms with Crippen LogP contribution in [0.5, 0.6) is 17.2 Å². The maximum absolute atomic E-state index is 11.5. The predicted octanol–water partition coefficient (Wildman–Crippen LogP) is 3.81. The molecule has 0 radical (unpaired) electrons. The van der Waals surface area contributed by atoms with E-state index in [0.29, 0.717) is 11.5 Å². The van der Waals surface area contributed by atoms with Crippen molar-refractivity contribution in [3.63, 3.8) is 0 Å². The number of aliphatic hydroxyl groups excluding tert-OH is 3. The van der Waals surface area contributed by atoms with Gasteiger partial charge in [-0.1, -0.05) is 66.7 Å². The summed E-state index contributed by atoms with van der Waals surface area (Å²) in [6.45, 7) is -0.283. The van der Waals surface area contributed by atoms with Crippen molar-refractivity contribution in [1.29, 1.82) is 0 Å². The fourth-order valence-corrected chi connectivity index (χ4v) is 5.27. The highest BCUT2D eigenvalue weighted by Gasteiger charge is 2.47. The molecule has 1 saturated heterocycles. The molecule has 44 heavy (non-hydrogen) atoms. The van der Waals surface area contributed by atoms with Crippen molar-refractivity contribution < 1.29 is 43.9 Å². The van der Waals surface area contributed by atoms with E-state index in [1.807, 2.05) is 78.9 Å². The number of nitro groups is 1. The number of hydrogen-bond acceptors (Lipinski definition) is 10. The van der Waals surface area contributed by atoms with Crippen LogP contribution in [0.15, 0.2) is 103 Å². The van der Waals surface area contributed by atoms with E-state index in [0.717, 1.165) is 16.7 Å². The monoisotopic (exact) mass is 603 g/mol. The van der Waals surface area contributed by atoms with E-state index in [2.05, 4.69) is 0 Å². The lowest BCUT2D eigenvalue weighted by molar-refractivity contribution is -0.387. The standard InChI is InChI=1S/C33H33NO10/c1-40-24-16-12-22(13-17-24)33(21-8-4-3-5-9-21,23-14-18-25(41-2)19-15-23)42-20-28-29(35)30(36)31(37)32(44-28)43-27-11-7-6-10-26(27)34(38)39/h3-19,28-32,35-37H,20H2,1-2H3/t28-,29+,30+,31-,32-/m1/s1. The SMILES string of the molecule is COc1ccc(C(OC[C@H]2O[C@@H](Oc3ccccc3[N+](=O)[O-])[C@H](O)[C@@H](O)[C@H]2O)(c2ccccc2)c2ccc(OC)cc2)cc1. The highest BCUT2D eigenvalue weighted by Crippen LogP contribution is 2.42. The number of methoxy groups -OCH3 is 2. The molecule has 0 amide bonds. The summed E-state index contributed by atoms with van der Waals surface area (Å²) < 4.78 is 29.1. The molecule has 3 N–H and O–H groups in total. The van der Waals surface area contributed by atoms with Gasteiger partial charge in [0.05, 0.1) is 25.7 Å². The predicted molar refractivity (Wildman–Crippen MR) is 159 cm³/mol. The molecule has 0 bridgehead atoms. The highest BCUT2D eigenvalue weighted by molar-refractivity contribution is 5.50. The summed E-state index contributed by atoms with van der Waals surface area (Å²) in [6.07, 6.45) is -7.73. The number of hydrogen-bond donors (Lipinski definition) is 3. The summed E-state index contributed by atoms with van der Waals surface area (Å²) in [5, 5.41) is 43.9. The lowest BCUT2D eigenvalue weighted by Gasteiger charge is -2.42. The molecule has 0 spiro atoms. The van der Waals surface area contributed by atoms with Gasteiger partial charge < -0.3 is 39.0 Å². The van der Waals surface area contributed by atoms with Gasteiger partial charge in [0.2, 0.25) is 6.29 Å². The fraction of sp³-hybridized carbons (Fsp3) is 0.273. The van der Waals surface area contributed by atoms with Crippen molar-refractivity contribution >= 4 is 5.69 Å². The third kappa shape index (κ3) is 6.09. The molecule has 11 heteroatoms. The van der Waals surface area contributed by atoms with Crippen LogP contribution in [0.3, 0.4) is 0 Å². The molecule has 230 valence electrons. The Balaban J connectivity index is 1.53. The number of ether oxygens (including phenoxy) is 5. The second kappa shape index (κ2) is 13.4. The Kier molecular flexibility index (Phi) is 9.43. The summed E-state index contributed by atoms with van der Waals surface area (Å²) in [5.74, 6) is 1.12. The zero-order valence-electron chi connectivity index (χ0n) is 24.1. The summed E-state index contributed by atoms with van der Waals surface area (Å²) in [5.41, 5.74) is 0.618. The minimum Gasteiger partial charge on any atom is -0.497 e. The summed E-state index contributed by atoms with van der Waals surface area (Å²) in [4.78, 5) is 10.9. The van der Waals surface area contributed by atoms with Crippen LogP contribution in [-0.4, -0.2) is 71.8 Å². The van der Waals surface area contributed by atoms with Crippen LogP contribution in [0.25, 0.3) is 0 Å². The molecule has 1 heterocycles. The third-order valence-corrected chi connectivity index (χ3v) is 7.61. The topological polar surface area (TPSA) is 150 Å². The quantitative estimate of drug-likeness (QED) is 0.131. The van der Waals surface area contributed by atoms with E-state index >= 15 is 0 Å². The molecule has 0 unspecified atom stereocenters. The smallest absolute Gasteiger partial charge is 0.311 e. The largest absolute Gasteiger partial charge is 0.497 e. The Morgan fingerprint density at radius 3 is 1.80 bits per heavy atom. The van der Waals surface area contributed by atoms with Gasteiger partial charge in [-0.25, -0.2) is 0 Å². The number of benzene rings is 4. The maximum atomic E-state index is 11.5. The average Bonchev–Trinajstić information content (AvgIpc) is 3.07. The van der Waals surface area contributed by atoms with E-state index in [9.17, 15) is 25.4 Å². The second-order valence-electron chi connectivity index (χ2n) is 10.2. The van der Waals surface area contributed by atoms with Crippen molar-refractivity contribution in [3.05, 3.63) is 130 Å². The van der Waals surface area contributed by atoms with Crippen LogP contribution in [-0.2, 0) is 15.1 Å². The van der Waals surface area contributed by atoms with Gasteiger partial charge in [-0.3, -0.25) is 10.1 Å². The van der Waals surface area contributed by atoms with Crippen LogP contribution in [0.1, 0.15) is 16.7 Å². The van der Waals surface area contributed by atoms with Crippen molar-refractivity contribution in [2.75, 3.05) is 20.8 Å². The first kappa shape index (κ1) is 30.9. The van der Waals surface area contributed by atoms with Crippen molar-refractivity contribution in [2.45, 2.75) is 36.3 Å². The van der Waals surface area contributed by atoms with Crippen LogP contribution in [0, 0.1) is 10.1 Å². The van der Waals surface area contributed by atoms with Gasteiger partial charge in [-0.2, -0.15) is 0 Å². The molecule has 0 aromatic heterocycles. The number of rotatable bonds is 11. The Hall–Kier alpha value is -4.52. The Labute approximate surface area is 253 Å². The Bertz CT molecular complexity index is 1480. The van der Waals surface area contributed by atoms with E-state index in [4.69, 9.17) is 23.7 Å². The number of nitro benzene ring substituents is 1. The highest BCUT2D eigenvalue weighted by atomic mass is 16.7. The molecule has 5 rings (SSSR count). The van der Waals surface area contributed by atoms with Crippen LogP contribution in [0.2, 0.25) is 0 Å². The molecule has 0 saturated carbocycles. The van der Waals surface area contributed by atoms with Crippen LogP contribution in [0.4, 0.5) is 5.69 Å². The van der Waals surface area contributed by atoms with Gasteiger partial charge in [-0.15, -0.1) is 0 Å². The van der Waals surface area contributed by atoms with Gasteiger partial charge >= 0.3 is 5.69 Å². The second-order valence-corrected chi connectivity index (χ2v) is 10.2. The molecular formula is C33H33NO10. The first-order valence-electron chi connectivity index (χ1n) is 13.9. The molecule has 5 atom stereocenters. The minimum absolute atomic E-state index is 0.167. The first-order valence-corrected chi connectivity index (χ1v) is 13.9. The lowest BCUT2D eigenvalue weighted by atomic mass is 9.80. The van der Waals surface area contributed by atoms with E-state index in [1.54, 1.807) is 14.2 Å². The molecular weight excluding hydrogens is 570 g/mol. The van der Waals surface area contributed by atoms with E-state index in [1.165, 1.54) is 24.3 Å². The van der Waals surface area contributed by atoms with Gasteiger partial charge in [0.1, 0.15) is 41.5 Å². The van der Waals surface area contributed by atoms with Crippen molar-refractivity contribution in [2.24, 2.45) is 0 Å². The number of aliphatic hydroxyl groups is 3. The van der Waals surface area contributed by atoms with Gasteiger partial charge in [0.15, 0.2) is 5.75 Å². The third-order valence-electron chi connectivity index (χ3n) is 7.61. The number of para-hydroxylation sites is 2. The van der Waals surface area contributed by atoms with E-state index in [-0.39, 0.29) is 18.0 Å². The molecule has 1 aliphatic heterocycles. The zero-order chi connectivity index (χ0) is 31.3. The Morgan fingerprint density at radius 2 is 1.25 bits per heavy atom. The van der Waals surface area contributed by atoms with Gasteiger partial charge in [-0.05, 0) is 47.0 Å². The Morgan fingerprint density at radius 1 is 0.727 bits per heavy atom. The molecule has 11 nitrogen and oxygen atoms in total. The molecule has 0 aliphatic carbocycles. The van der Waals surface area contributed by atoms with Gasteiger partial charge in [0, 0.05) is 6.07 Å². The summed E-state index contributed by atoms with van der Waals surface area (Å²) in [7, 11) is 3.15. The lowest BCUT2D eigenvalue weighted by Crippen LogP contribution is -2.60. The fourth-order valence-electron chi connectivity index (χ4n) is 5.27. The van der Waals surface area contributed by atoms with Gasteiger partial charge in [0.25, 0.3) is 0 Å². The number of nitrogens with zero attached hydrogens (tertiary/aromatic N) is 1. The van der Waals surface area contributed by atoms with E-state index < -0.39 is 41.2 Å².